The molecule has 0 saturated carbocycles. The van der Waals surface area contributed by atoms with Crippen LogP contribution in [0, 0.1) is 0 Å². The zero-order valence-electron chi connectivity index (χ0n) is 12.0. The van der Waals surface area contributed by atoms with Crippen molar-refractivity contribution in [3.63, 3.8) is 0 Å². The number of hydrogen-bond donors (Lipinski definition) is 1. The molecule has 2 heterocycles. The van der Waals surface area contributed by atoms with Gasteiger partial charge in [-0.25, -0.2) is 0 Å². The Morgan fingerprint density at radius 2 is 2.14 bits per heavy atom. The van der Waals surface area contributed by atoms with E-state index in [1.165, 1.54) is 0 Å². The fourth-order valence-electron chi connectivity index (χ4n) is 2.29. The molecule has 1 fully saturated rings. The second-order valence-electron chi connectivity index (χ2n) is 5.03. The number of rotatable bonds is 4. The van der Waals surface area contributed by atoms with Gasteiger partial charge in [0.25, 0.3) is 5.91 Å². The van der Waals surface area contributed by atoms with E-state index in [1.54, 1.807) is 11.0 Å². The maximum Gasteiger partial charge on any atom is 0.276 e. The van der Waals surface area contributed by atoms with E-state index < -0.39 is 0 Å². The summed E-state index contributed by atoms with van der Waals surface area (Å²) in [5, 5.41) is 3.44. The molecule has 0 aliphatic carbocycles. The molecular weight excluding hydrogens is 368 g/mol. The lowest BCUT2D eigenvalue weighted by atomic mass is 10.1. The highest BCUT2D eigenvalue weighted by Gasteiger charge is 2.30. The van der Waals surface area contributed by atoms with Crippen LogP contribution in [0.1, 0.15) is 25.3 Å². The third-order valence-corrected chi connectivity index (χ3v) is 4.50. The Labute approximate surface area is 142 Å². The van der Waals surface area contributed by atoms with E-state index >= 15 is 0 Å². The summed E-state index contributed by atoms with van der Waals surface area (Å²) in [7, 11) is 0. The van der Waals surface area contributed by atoms with Crippen LogP contribution in [0.25, 0.3) is 6.08 Å². The van der Waals surface area contributed by atoms with Crippen molar-refractivity contribution < 1.29 is 14.3 Å². The number of benzene rings is 1. The first-order chi connectivity index (χ1) is 10.6. The minimum absolute atomic E-state index is 0.0944. The van der Waals surface area contributed by atoms with Gasteiger partial charge >= 0.3 is 0 Å². The maximum atomic E-state index is 12.4. The quantitative estimate of drug-likeness (QED) is 0.640. The number of nitrogens with one attached hydrogen (secondary N) is 1. The Bertz CT molecular complexity index is 675. The van der Waals surface area contributed by atoms with E-state index in [1.807, 2.05) is 12.1 Å². The van der Waals surface area contributed by atoms with Gasteiger partial charge in [-0.15, -0.1) is 0 Å². The smallest absolute Gasteiger partial charge is 0.276 e. The first kappa shape index (κ1) is 15.3. The molecule has 116 valence electrons. The molecule has 1 saturated heterocycles. The van der Waals surface area contributed by atoms with Crippen LogP contribution in [0.5, 0.6) is 11.5 Å². The van der Waals surface area contributed by atoms with Crippen LogP contribution in [-0.2, 0) is 4.79 Å². The predicted octanol–water partition coefficient (Wildman–Crippen LogP) is 3.04. The number of unbranched alkanes of at least 4 members (excludes halogenated alkanes) is 1. The SMILES string of the molecule is CCCCN1C(=O)/C(=C/c2cc3c(cc2Br)OCO3)NC1=S. The number of halogens is 1. The Kier molecular flexibility index (Phi) is 4.35. The van der Waals surface area contributed by atoms with Gasteiger partial charge in [-0.2, -0.15) is 0 Å². The summed E-state index contributed by atoms with van der Waals surface area (Å²) in [6.45, 7) is 2.94. The zero-order chi connectivity index (χ0) is 15.7. The monoisotopic (exact) mass is 382 g/mol. The first-order valence-corrected chi connectivity index (χ1v) is 8.24. The predicted molar refractivity (Wildman–Crippen MR) is 90.6 cm³/mol. The van der Waals surface area contributed by atoms with Crippen molar-refractivity contribution in [3.05, 3.63) is 27.9 Å². The molecule has 7 heteroatoms. The molecule has 0 aromatic heterocycles. The average Bonchev–Trinajstić information content (AvgIpc) is 3.03. The van der Waals surface area contributed by atoms with Gasteiger partial charge in [-0.1, -0.05) is 29.3 Å². The summed E-state index contributed by atoms with van der Waals surface area (Å²) in [5.41, 5.74) is 1.31. The standard InChI is InChI=1S/C15H15BrN2O3S/c1-2-3-4-18-14(19)11(17-15(18)22)5-9-6-12-13(7-10(9)16)21-8-20-12/h5-7H,2-4,8H2,1H3,(H,17,22)/b11-5-. The fourth-order valence-corrected chi connectivity index (χ4v) is 3.01. The average molecular weight is 383 g/mol. The number of fused-ring (bicyclic) bond motifs is 1. The van der Waals surface area contributed by atoms with Gasteiger partial charge in [0, 0.05) is 11.0 Å². The van der Waals surface area contributed by atoms with Gasteiger partial charge in [0.2, 0.25) is 6.79 Å². The molecule has 2 aliphatic rings. The normalized spacial score (nSPS) is 18.3. The molecule has 0 unspecified atom stereocenters. The zero-order valence-corrected chi connectivity index (χ0v) is 14.4. The summed E-state index contributed by atoms with van der Waals surface area (Å²) in [6.07, 6.45) is 3.71. The van der Waals surface area contributed by atoms with Crippen LogP contribution in [0.4, 0.5) is 0 Å². The molecule has 1 amide bonds. The fraction of sp³-hybridized carbons (Fsp3) is 0.333. The number of nitrogens with zero attached hydrogens (tertiary/aromatic N) is 1. The Balaban J connectivity index is 1.87. The van der Waals surface area contributed by atoms with Crippen LogP contribution in [0.15, 0.2) is 22.3 Å². The molecule has 5 nitrogen and oxygen atoms in total. The van der Waals surface area contributed by atoms with Crippen LogP contribution in [0.3, 0.4) is 0 Å². The minimum Gasteiger partial charge on any atom is -0.454 e. The van der Waals surface area contributed by atoms with E-state index in [4.69, 9.17) is 21.7 Å². The molecule has 1 aromatic carbocycles. The molecule has 0 spiro atoms. The molecule has 0 radical (unpaired) electrons. The lowest BCUT2D eigenvalue weighted by molar-refractivity contribution is -0.122. The summed E-state index contributed by atoms with van der Waals surface area (Å²) in [5.74, 6) is 1.27. The van der Waals surface area contributed by atoms with Gasteiger partial charge in [-0.3, -0.25) is 9.69 Å². The van der Waals surface area contributed by atoms with Crippen LogP contribution >= 0.6 is 28.1 Å². The molecule has 1 N–H and O–H groups in total. The van der Waals surface area contributed by atoms with E-state index in [-0.39, 0.29) is 12.7 Å². The number of hydrogen-bond acceptors (Lipinski definition) is 4. The van der Waals surface area contributed by atoms with Gasteiger partial charge in [-0.05, 0) is 42.4 Å². The minimum atomic E-state index is -0.0944. The lowest BCUT2D eigenvalue weighted by Crippen LogP contribution is -2.31. The van der Waals surface area contributed by atoms with Crippen LogP contribution in [-0.4, -0.2) is 29.3 Å². The number of carbonyl (C=O) groups is 1. The first-order valence-electron chi connectivity index (χ1n) is 7.04. The molecule has 1 aromatic rings. The van der Waals surface area contributed by atoms with Gasteiger partial charge in [0.1, 0.15) is 5.70 Å². The Hall–Kier alpha value is -1.60. The Morgan fingerprint density at radius 1 is 1.41 bits per heavy atom. The molecular formula is C15H15BrN2O3S. The number of thiocarbonyl (C=S) groups is 1. The third kappa shape index (κ3) is 2.83. The van der Waals surface area contributed by atoms with E-state index in [0.29, 0.717) is 28.9 Å². The van der Waals surface area contributed by atoms with Crippen molar-refractivity contribution in [3.8, 4) is 11.5 Å². The van der Waals surface area contributed by atoms with Gasteiger partial charge in [0.05, 0.1) is 0 Å². The second kappa shape index (κ2) is 6.26. The van der Waals surface area contributed by atoms with Crippen molar-refractivity contribution in [1.29, 1.82) is 0 Å². The molecule has 3 rings (SSSR count). The van der Waals surface area contributed by atoms with Gasteiger partial charge < -0.3 is 14.8 Å². The maximum absolute atomic E-state index is 12.4. The third-order valence-electron chi connectivity index (χ3n) is 3.49. The number of carbonyl (C=O) groups excluding carboxylic acids is 1. The summed E-state index contributed by atoms with van der Waals surface area (Å²) in [6, 6.07) is 3.67. The summed E-state index contributed by atoms with van der Waals surface area (Å²) in [4.78, 5) is 14.0. The van der Waals surface area contributed by atoms with Gasteiger partial charge in [0.15, 0.2) is 16.6 Å². The molecule has 22 heavy (non-hydrogen) atoms. The highest BCUT2D eigenvalue weighted by atomic mass is 79.9. The number of ether oxygens (including phenoxy) is 2. The van der Waals surface area contributed by atoms with Crippen LogP contribution < -0.4 is 14.8 Å². The summed E-state index contributed by atoms with van der Waals surface area (Å²) >= 11 is 8.72. The number of amides is 1. The van der Waals surface area contributed by atoms with Crippen LogP contribution in [0.2, 0.25) is 0 Å². The highest BCUT2D eigenvalue weighted by Crippen LogP contribution is 2.37. The van der Waals surface area contributed by atoms with Crippen molar-refractivity contribution >= 4 is 45.2 Å². The van der Waals surface area contributed by atoms with Crippen molar-refractivity contribution in [1.82, 2.24) is 10.2 Å². The second-order valence-corrected chi connectivity index (χ2v) is 6.27. The molecule has 0 bridgehead atoms. The van der Waals surface area contributed by atoms with Crippen molar-refractivity contribution in [2.75, 3.05) is 13.3 Å². The highest BCUT2D eigenvalue weighted by molar-refractivity contribution is 9.10. The van der Waals surface area contributed by atoms with E-state index in [2.05, 4.69) is 28.2 Å². The topological polar surface area (TPSA) is 50.8 Å². The van der Waals surface area contributed by atoms with Crippen molar-refractivity contribution in [2.45, 2.75) is 19.8 Å². The van der Waals surface area contributed by atoms with Crippen molar-refractivity contribution in [2.24, 2.45) is 0 Å². The molecule has 2 aliphatic heterocycles. The van der Waals surface area contributed by atoms with E-state index in [0.717, 1.165) is 22.9 Å². The Morgan fingerprint density at radius 3 is 2.86 bits per heavy atom. The largest absolute Gasteiger partial charge is 0.454 e. The summed E-state index contributed by atoms with van der Waals surface area (Å²) < 4.78 is 11.5. The molecule has 0 atom stereocenters. The lowest BCUT2D eigenvalue weighted by Gasteiger charge is -2.12. The van der Waals surface area contributed by atoms with E-state index in [9.17, 15) is 4.79 Å².